The molecule has 0 bridgehead atoms. The van der Waals surface area contributed by atoms with Gasteiger partial charge in [-0.2, -0.15) is 4.31 Å². The van der Waals surface area contributed by atoms with Crippen molar-refractivity contribution in [2.75, 3.05) is 32.1 Å². The summed E-state index contributed by atoms with van der Waals surface area (Å²) in [5, 5.41) is 5.37. The van der Waals surface area contributed by atoms with Gasteiger partial charge in [0.05, 0.1) is 17.1 Å². The second-order valence-corrected chi connectivity index (χ2v) is 12.3. The number of carbonyl (C=O) groups excluding carboxylic acids is 3. The molecule has 1 atom stereocenters. The number of anilines is 1. The lowest BCUT2D eigenvalue weighted by molar-refractivity contribution is 0.0924. The minimum absolute atomic E-state index is 0.0650. The largest absolute Gasteiger partial charge is 0.450 e. The maximum Gasteiger partial charge on any atom is 0.414 e. The predicted octanol–water partition coefficient (Wildman–Crippen LogP) is 3.44. The number of carbonyl (C=O) groups is 3. The second kappa shape index (κ2) is 11.3. The third kappa shape index (κ3) is 5.87. The van der Waals surface area contributed by atoms with Crippen molar-refractivity contribution in [2.24, 2.45) is 0 Å². The molecule has 1 aromatic carbocycles. The molecule has 2 aliphatic heterocycles. The maximum absolute atomic E-state index is 13.1. The van der Waals surface area contributed by atoms with E-state index < -0.39 is 27.9 Å². The number of rotatable bonds is 6. The summed E-state index contributed by atoms with van der Waals surface area (Å²) in [4.78, 5) is 41.1. The lowest BCUT2D eigenvalue weighted by atomic mass is 10.0. The van der Waals surface area contributed by atoms with Gasteiger partial charge in [-0.25, -0.2) is 13.2 Å². The van der Waals surface area contributed by atoms with Crippen LogP contribution >= 0.6 is 11.3 Å². The Kier molecular flexibility index (Phi) is 8.32. The number of alkyl carbamates (subject to hydrolysis) is 1. The van der Waals surface area contributed by atoms with Gasteiger partial charge in [0.15, 0.2) is 0 Å². The highest BCUT2D eigenvalue weighted by Crippen LogP contribution is 2.37. The lowest BCUT2D eigenvalue weighted by Gasteiger charge is -2.32. The van der Waals surface area contributed by atoms with Gasteiger partial charge in [0, 0.05) is 36.1 Å². The molecule has 37 heavy (non-hydrogen) atoms. The Labute approximate surface area is 221 Å². The molecule has 0 spiro atoms. The molecule has 3 amide bonds. The quantitative estimate of drug-likeness (QED) is 0.567. The number of imide groups is 1. The number of fused-ring (bicyclic) bond motifs is 1. The number of nitrogens with one attached hydrogen (secondary N) is 2. The molecule has 10 nitrogen and oxygen atoms in total. The van der Waals surface area contributed by atoms with Gasteiger partial charge in [0.2, 0.25) is 10.0 Å². The van der Waals surface area contributed by atoms with Crippen LogP contribution in [0.3, 0.4) is 0 Å². The highest BCUT2D eigenvalue weighted by molar-refractivity contribution is 7.89. The van der Waals surface area contributed by atoms with Crippen molar-refractivity contribution in [1.82, 2.24) is 14.5 Å². The zero-order valence-corrected chi connectivity index (χ0v) is 22.8. The predicted molar refractivity (Wildman–Crippen MR) is 140 cm³/mol. The summed E-state index contributed by atoms with van der Waals surface area (Å²) in [5.41, 5.74) is 1.32. The minimum atomic E-state index is -3.65. The summed E-state index contributed by atoms with van der Waals surface area (Å²) in [7, 11) is -1.68. The van der Waals surface area contributed by atoms with Crippen molar-refractivity contribution in [3.63, 3.8) is 0 Å². The third-order valence-electron chi connectivity index (χ3n) is 6.66. The first kappa shape index (κ1) is 27.2. The normalized spacial score (nSPS) is 18.6. The van der Waals surface area contributed by atoms with E-state index in [1.807, 2.05) is 14.0 Å². The fraction of sp³-hybridized carbons (Fsp3) is 0.480. The van der Waals surface area contributed by atoms with Crippen LogP contribution in [0.15, 0.2) is 29.2 Å². The van der Waals surface area contributed by atoms with Gasteiger partial charge in [0.25, 0.3) is 11.8 Å². The van der Waals surface area contributed by atoms with Crippen molar-refractivity contribution >= 4 is 44.3 Å². The number of nitrogens with zero attached hydrogens (tertiary/aromatic N) is 2. The van der Waals surface area contributed by atoms with E-state index in [9.17, 15) is 22.8 Å². The zero-order valence-electron chi connectivity index (χ0n) is 21.2. The average Bonchev–Trinajstić information content (AvgIpc) is 3.21. The Hall–Kier alpha value is -2.80. The molecule has 0 saturated carbocycles. The Bertz CT molecular complexity index is 1290. The number of hydrogen-bond acceptors (Lipinski definition) is 8. The Morgan fingerprint density at radius 3 is 2.51 bits per heavy atom. The number of amides is 3. The summed E-state index contributed by atoms with van der Waals surface area (Å²) < 4.78 is 32.6. The number of ether oxygens (including phenoxy) is 1. The molecule has 0 radical (unpaired) electrons. The van der Waals surface area contributed by atoms with E-state index in [1.165, 1.54) is 39.9 Å². The van der Waals surface area contributed by atoms with Crippen molar-refractivity contribution < 1.29 is 27.5 Å². The highest BCUT2D eigenvalue weighted by atomic mass is 32.2. The van der Waals surface area contributed by atoms with E-state index in [0.717, 1.165) is 36.2 Å². The SMILES string of the molecule is CCOC(=O)NC(=O)c1c(NC(=O)c2ccc(S(=O)(=O)N3CCCCC3C)cc2)sc2c1CCN(C)C2. The van der Waals surface area contributed by atoms with Gasteiger partial charge in [-0.15, -0.1) is 11.3 Å². The monoisotopic (exact) mass is 548 g/mol. The topological polar surface area (TPSA) is 125 Å². The van der Waals surface area contributed by atoms with E-state index in [2.05, 4.69) is 15.5 Å². The molecule has 1 unspecified atom stereocenters. The van der Waals surface area contributed by atoms with Crippen LogP contribution in [-0.4, -0.2) is 68.3 Å². The van der Waals surface area contributed by atoms with E-state index >= 15 is 0 Å². The summed E-state index contributed by atoms with van der Waals surface area (Å²) in [5.74, 6) is -1.11. The third-order valence-corrected chi connectivity index (χ3v) is 9.82. The van der Waals surface area contributed by atoms with Gasteiger partial charge in [-0.3, -0.25) is 14.9 Å². The molecule has 2 aromatic rings. The molecule has 2 N–H and O–H groups in total. The molecular weight excluding hydrogens is 516 g/mol. The molecule has 2 aliphatic rings. The minimum Gasteiger partial charge on any atom is -0.450 e. The Balaban J connectivity index is 1.56. The second-order valence-electron chi connectivity index (χ2n) is 9.31. The van der Waals surface area contributed by atoms with Gasteiger partial charge >= 0.3 is 6.09 Å². The Morgan fingerprint density at radius 2 is 1.84 bits per heavy atom. The van der Waals surface area contributed by atoms with Crippen LogP contribution in [0.5, 0.6) is 0 Å². The molecule has 4 rings (SSSR count). The van der Waals surface area contributed by atoms with Crippen LogP contribution in [0.4, 0.5) is 9.80 Å². The number of benzene rings is 1. The van der Waals surface area contributed by atoms with Crippen LogP contribution in [0.25, 0.3) is 0 Å². The lowest BCUT2D eigenvalue weighted by Crippen LogP contribution is -2.41. The number of hydrogen-bond donors (Lipinski definition) is 2. The number of piperidine rings is 1. The summed E-state index contributed by atoms with van der Waals surface area (Å²) in [6.45, 7) is 5.52. The number of sulfonamides is 1. The van der Waals surface area contributed by atoms with Crippen molar-refractivity contribution in [2.45, 2.75) is 57.0 Å². The van der Waals surface area contributed by atoms with E-state index in [1.54, 1.807) is 6.92 Å². The molecule has 1 fully saturated rings. The molecule has 1 aromatic heterocycles. The van der Waals surface area contributed by atoms with Gasteiger partial charge < -0.3 is 15.0 Å². The smallest absolute Gasteiger partial charge is 0.414 e. The van der Waals surface area contributed by atoms with E-state index in [4.69, 9.17) is 4.74 Å². The number of thiophene rings is 1. The molecule has 1 saturated heterocycles. The van der Waals surface area contributed by atoms with Crippen molar-refractivity contribution in [3.05, 3.63) is 45.8 Å². The summed E-state index contributed by atoms with van der Waals surface area (Å²) in [6.07, 6.45) is 2.42. The van der Waals surface area contributed by atoms with Crippen LogP contribution in [0.2, 0.25) is 0 Å². The molecule has 200 valence electrons. The number of likely N-dealkylation sites (N-methyl/N-ethyl adjacent to an activating group) is 1. The molecule has 3 heterocycles. The van der Waals surface area contributed by atoms with E-state index in [0.29, 0.717) is 24.5 Å². The zero-order chi connectivity index (χ0) is 26.7. The Morgan fingerprint density at radius 1 is 1.11 bits per heavy atom. The van der Waals surface area contributed by atoms with Crippen LogP contribution < -0.4 is 10.6 Å². The highest BCUT2D eigenvalue weighted by Gasteiger charge is 2.32. The molecular formula is C25H32N4O6S2. The molecule has 0 aliphatic carbocycles. The standard InChI is InChI=1S/C25H32N4O6S2/c1-4-35-25(32)27-23(31)21-19-12-14-28(3)15-20(19)36-24(21)26-22(30)17-8-10-18(11-9-17)37(33,34)29-13-6-5-7-16(29)2/h8-11,16H,4-7,12-15H2,1-3H3,(H,26,30)(H,27,31,32). The van der Waals surface area contributed by atoms with Crippen LogP contribution in [0, 0.1) is 0 Å². The van der Waals surface area contributed by atoms with Crippen molar-refractivity contribution in [3.8, 4) is 0 Å². The van der Waals surface area contributed by atoms with Gasteiger partial charge in [-0.1, -0.05) is 6.42 Å². The average molecular weight is 549 g/mol. The van der Waals surface area contributed by atoms with Gasteiger partial charge in [-0.05, 0) is 70.0 Å². The first-order valence-electron chi connectivity index (χ1n) is 12.4. The first-order chi connectivity index (χ1) is 17.6. The maximum atomic E-state index is 13.1. The summed E-state index contributed by atoms with van der Waals surface area (Å²) in [6, 6.07) is 5.75. The first-order valence-corrected chi connectivity index (χ1v) is 14.6. The van der Waals surface area contributed by atoms with Crippen molar-refractivity contribution in [1.29, 1.82) is 0 Å². The fourth-order valence-corrected chi connectivity index (χ4v) is 7.72. The van der Waals surface area contributed by atoms with Crippen LogP contribution in [-0.2, 0) is 27.7 Å². The van der Waals surface area contributed by atoms with Crippen LogP contribution in [0.1, 0.15) is 64.3 Å². The van der Waals surface area contributed by atoms with Gasteiger partial charge in [0.1, 0.15) is 5.00 Å². The summed E-state index contributed by atoms with van der Waals surface area (Å²) >= 11 is 1.29. The fourth-order valence-electron chi connectivity index (χ4n) is 4.70. The molecule has 12 heteroatoms. The van der Waals surface area contributed by atoms with E-state index in [-0.39, 0.29) is 28.7 Å².